The lowest BCUT2D eigenvalue weighted by atomic mass is 9.76. The molecule has 0 atom stereocenters. The Bertz CT molecular complexity index is 477. The second-order valence-corrected chi connectivity index (χ2v) is 7.64. The van der Waals surface area contributed by atoms with E-state index < -0.39 is 0 Å². The zero-order valence-electron chi connectivity index (χ0n) is 13.1. The summed E-state index contributed by atoms with van der Waals surface area (Å²) < 4.78 is 0. The van der Waals surface area contributed by atoms with E-state index in [4.69, 9.17) is 0 Å². The first-order valence-electron chi connectivity index (χ1n) is 7.99. The van der Waals surface area contributed by atoms with Crippen LogP contribution in [0.5, 0.6) is 0 Å². The van der Waals surface area contributed by atoms with E-state index in [1.807, 2.05) is 0 Å². The van der Waals surface area contributed by atoms with Crippen LogP contribution < -0.4 is 5.32 Å². The van der Waals surface area contributed by atoms with Crippen LogP contribution in [0, 0.1) is 0 Å². The summed E-state index contributed by atoms with van der Waals surface area (Å²) in [6, 6.07) is 10.2. The highest BCUT2D eigenvalue weighted by Crippen LogP contribution is 2.38. The lowest BCUT2D eigenvalue weighted by molar-refractivity contribution is 0.416. The number of nitrogens with one attached hydrogen (secondary N) is 1. The van der Waals surface area contributed by atoms with Gasteiger partial charge < -0.3 is 5.32 Å². The molecule has 1 N–H and O–H groups in total. The van der Waals surface area contributed by atoms with E-state index >= 15 is 0 Å². The lowest BCUT2D eigenvalue weighted by Crippen LogP contribution is -2.37. The van der Waals surface area contributed by atoms with Gasteiger partial charge in [-0.2, -0.15) is 0 Å². The lowest BCUT2D eigenvalue weighted by Gasteiger charge is -2.31. The van der Waals surface area contributed by atoms with E-state index in [2.05, 4.69) is 62.5 Å². The van der Waals surface area contributed by atoms with Crippen molar-refractivity contribution in [3.63, 3.8) is 0 Å². The maximum absolute atomic E-state index is 3.74. The van der Waals surface area contributed by atoms with Gasteiger partial charge in [0.05, 0.1) is 0 Å². The van der Waals surface area contributed by atoms with Crippen LogP contribution in [0.3, 0.4) is 0 Å². The Balaban J connectivity index is 1.80. The fourth-order valence-corrected chi connectivity index (χ4v) is 3.13. The fourth-order valence-electron chi connectivity index (χ4n) is 3.13. The molecule has 1 fully saturated rings. The Labute approximate surface area is 123 Å². The van der Waals surface area contributed by atoms with E-state index in [0.717, 1.165) is 12.6 Å². The first kappa shape index (κ1) is 13.9. The van der Waals surface area contributed by atoms with Crippen molar-refractivity contribution in [1.29, 1.82) is 0 Å². The Morgan fingerprint density at radius 2 is 1.65 bits per heavy atom. The molecule has 1 aromatic rings. The van der Waals surface area contributed by atoms with Crippen LogP contribution in [-0.2, 0) is 10.8 Å². The molecule has 1 saturated carbocycles. The first-order chi connectivity index (χ1) is 9.50. The van der Waals surface area contributed by atoms with Crippen LogP contribution >= 0.6 is 0 Å². The summed E-state index contributed by atoms with van der Waals surface area (Å²) in [5.74, 6) is 0. The van der Waals surface area contributed by atoms with Crippen molar-refractivity contribution in [2.24, 2.45) is 0 Å². The number of benzene rings is 1. The van der Waals surface area contributed by atoms with Gasteiger partial charge in [0, 0.05) is 18.0 Å². The van der Waals surface area contributed by atoms with E-state index in [9.17, 15) is 0 Å². The molecule has 0 saturated heterocycles. The molecule has 0 aliphatic heterocycles. The Morgan fingerprint density at radius 3 is 2.15 bits per heavy atom. The zero-order chi connectivity index (χ0) is 14.2. The predicted octanol–water partition coefficient (Wildman–Crippen LogP) is 4.32. The van der Waals surface area contributed by atoms with Crippen LogP contribution in [-0.4, -0.2) is 12.6 Å². The third kappa shape index (κ3) is 2.83. The highest BCUT2D eigenvalue weighted by atomic mass is 15.0. The van der Waals surface area contributed by atoms with E-state index in [1.165, 1.54) is 36.8 Å². The van der Waals surface area contributed by atoms with Crippen LogP contribution in [0.25, 0.3) is 0 Å². The van der Waals surface area contributed by atoms with Crippen molar-refractivity contribution in [3.05, 3.63) is 47.5 Å². The molecule has 1 aromatic carbocycles. The molecule has 1 nitrogen and oxygen atoms in total. The monoisotopic (exact) mass is 269 g/mol. The van der Waals surface area contributed by atoms with Gasteiger partial charge in [0.15, 0.2) is 0 Å². The maximum atomic E-state index is 3.74. The molecule has 0 aromatic heterocycles. The summed E-state index contributed by atoms with van der Waals surface area (Å²) in [6.07, 6.45) is 9.81. The Kier molecular flexibility index (Phi) is 3.50. The normalized spacial score (nSPS) is 21.4. The van der Waals surface area contributed by atoms with Crippen molar-refractivity contribution in [1.82, 2.24) is 5.32 Å². The third-order valence-electron chi connectivity index (χ3n) is 4.85. The summed E-state index contributed by atoms with van der Waals surface area (Å²) in [7, 11) is 0. The van der Waals surface area contributed by atoms with Gasteiger partial charge in [0.25, 0.3) is 0 Å². The van der Waals surface area contributed by atoms with E-state index in [1.54, 1.807) is 0 Å². The number of allylic oxidation sites excluding steroid dienone is 2. The van der Waals surface area contributed by atoms with Gasteiger partial charge in [-0.3, -0.25) is 0 Å². The Morgan fingerprint density at radius 1 is 1.05 bits per heavy atom. The van der Waals surface area contributed by atoms with Crippen molar-refractivity contribution >= 4 is 0 Å². The molecule has 20 heavy (non-hydrogen) atoms. The molecule has 0 bridgehead atoms. The second kappa shape index (κ2) is 5.04. The van der Waals surface area contributed by atoms with Gasteiger partial charge in [0.2, 0.25) is 0 Å². The molecule has 0 unspecified atom stereocenters. The number of hydrogen-bond acceptors (Lipinski definition) is 1. The van der Waals surface area contributed by atoms with Crippen LogP contribution in [0.2, 0.25) is 0 Å². The minimum Gasteiger partial charge on any atom is -0.313 e. The first-order valence-corrected chi connectivity index (χ1v) is 7.99. The summed E-state index contributed by atoms with van der Waals surface area (Å²) in [5, 5.41) is 3.74. The van der Waals surface area contributed by atoms with Gasteiger partial charge >= 0.3 is 0 Å². The molecule has 0 spiro atoms. The SMILES string of the molecule is CC(C)(C)c1ccc(C2(CNC3CC3)CC=CC2)cc1. The summed E-state index contributed by atoms with van der Waals surface area (Å²) in [5.41, 5.74) is 3.48. The third-order valence-corrected chi connectivity index (χ3v) is 4.85. The van der Waals surface area contributed by atoms with Crippen molar-refractivity contribution in [2.75, 3.05) is 6.54 Å². The van der Waals surface area contributed by atoms with Crippen LogP contribution in [0.4, 0.5) is 0 Å². The smallest absolute Gasteiger partial charge is 0.0147 e. The molecule has 2 aliphatic rings. The highest BCUT2D eigenvalue weighted by molar-refractivity contribution is 5.35. The van der Waals surface area contributed by atoms with E-state index in [0.29, 0.717) is 5.41 Å². The molecule has 108 valence electrons. The summed E-state index contributed by atoms with van der Waals surface area (Å²) in [6.45, 7) is 7.97. The average molecular weight is 269 g/mol. The topological polar surface area (TPSA) is 12.0 Å². The number of rotatable bonds is 4. The number of hydrogen-bond donors (Lipinski definition) is 1. The zero-order valence-corrected chi connectivity index (χ0v) is 13.1. The molecule has 0 heterocycles. The quantitative estimate of drug-likeness (QED) is 0.803. The maximum Gasteiger partial charge on any atom is 0.0147 e. The van der Waals surface area contributed by atoms with Gasteiger partial charge in [-0.1, -0.05) is 57.2 Å². The van der Waals surface area contributed by atoms with Crippen molar-refractivity contribution < 1.29 is 0 Å². The molecule has 0 amide bonds. The standard InChI is InChI=1S/C19H27N/c1-18(2,3)15-6-8-16(9-7-15)19(12-4-5-13-19)14-20-17-10-11-17/h4-9,17,20H,10-14H2,1-3H3. The molecule has 3 rings (SSSR count). The fraction of sp³-hybridized carbons (Fsp3) is 0.579. The average Bonchev–Trinajstić information content (AvgIpc) is 3.13. The molecular weight excluding hydrogens is 242 g/mol. The van der Waals surface area contributed by atoms with Gasteiger partial charge in [0.1, 0.15) is 0 Å². The van der Waals surface area contributed by atoms with Crippen molar-refractivity contribution in [3.8, 4) is 0 Å². The highest BCUT2D eigenvalue weighted by Gasteiger charge is 2.35. The predicted molar refractivity (Wildman–Crippen MR) is 86.2 cm³/mol. The molecular formula is C19H27N. The minimum absolute atomic E-state index is 0.242. The Hall–Kier alpha value is -1.08. The second-order valence-electron chi connectivity index (χ2n) is 7.64. The van der Waals surface area contributed by atoms with Gasteiger partial charge in [-0.05, 0) is 42.2 Å². The summed E-state index contributed by atoms with van der Waals surface area (Å²) >= 11 is 0. The largest absolute Gasteiger partial charge is 0.313 e. The molecule has 0 radical (unpaired) electrons. The molecule has 1 heteroatoms. The van der Waals surface area contributed by atoms with Gasteiger partial charge in [-0.15, -0.1) is 0 Å². The van der Waals surface area contributed by atoms with Crippen LogP contribution in [0.1, 0.15) is 57.6 Å². The van der Waals surface area contributed by atoms with Crippen molar-refractivity contribution in [2.45, 2.75) is 63.3 Å². The minimum atomic E-state index is 0.242. The summed E-state index contributed by atoms with van der Waals surface area (Å²) in [4.78, 5) is 0. The van der Waals surface area contributed by atoms with Crippen LogP contribution in [0.15, 0.2) is 36.4 Å². The van der Waals surface area contributed by atoms with E-state index in [-0.39, 0.29) is 5.41 Å². The van der Waals surface area contributed by atoms with Gasteiger partial charge in [-0.25, -0.2) is 0 Å². The molecule has 2 aliphatic carbocycles.